The van der Waals surface area contributed by atoms with Gasteiger partial charge in [-0.05, 0) is 19.8 Å². The van der Waals surface area contributed by atoms with Crippen molar-refractivity contribution < 1.29 is 14.6 Å². The Hall–Kier alpha value is 0.160. The van der Waals surface area contributed by atoms with Gasteiger partial charge in [0.1, 0.15) is 6.10 Å². The van der Waals surface area contributed by atoms with E-state index >= 15 is 0 Å². The van der Waals surface area contributed by atoms with Gasteiger partial charge in [-0.1, -0.05) is 29.0 Å². The van der Waals surface area contributed by atoms with Crippen molar-refractivity contribution in [3.05, 3.63) is 0 Å². The SMILES string of the molecule is CC(I)C1OC(=O)C2C(O)CCCC12. The maximum absolute atomic E-state index is 11.5. The van der Waals surface area contributed by atoms with Crippen LogP contribution >= 0.6 is 22.6 Å². The summed E-state index contributed by atoms with van der Waals surface area (Å²) in [4.78, 5) is 11.5. The first-order valence-corrected chi connectivity index (χ1v) is 6.38. The molecule has 2 aliphatic rings. The number of alkyl halides is 1. The van der Waals surface area contributed by atoms with Crippen LogP contribution in [0.3, 0.4) is 0 Å². The van der Waals surface area contributed by atoms with Crippen molar-refractivity contribution in [2.45, 2.75) is 42.3 Å². The average molecular weight is 310 g/mol. The number of rotatable bonds is 1. The second-order valence-corrected chi connectivity index (χ2v) is 6.23. The number of ether oxygens (including phenoxy) is 1. The van der Waals surface area contributed by atoms with Crippen molar-refractivity contribution >= 4 is 28.6 Å². The second kappa shape index (κ2) is 3.96. The molecule has 3 nitrogen and oxygen atoms in total. The molecule has 1 saturated heterocycles. The van der Waals surface area contributed by atoms with Crippen LogP contribution in [0, 0.1) is 11.8 Å². The molecule has 0 aromatic carbocycles. The van der Waals surface area contributed by atoms with Crippen molar-refractivity contribution in [3.63, 3.8) is 0 Å². The Balaban J connectivity index is 2.18. The Bertz CT molecular complexity index is 242. The predicted molar refractivity (Wildman–Crippen MR) is 60.2 cm³/mol. The summed E-state index contributed by atoms with van der Waals surface area (Å²) >= 11 is 2.29. The lowest BCUT2D eigenvalue weighted by atomic mass is 9.76. The number of fused-ring (bicyclic) bond motifs is 1. The zero-order valence-corrected chi connectivity index (χ0v) is 10.3. The van der Waals surface area contributed by atoms with Gasteiger partial charge in [0.15, 0.2) is 0 Å². The van der Waals surface area contributed by atoms with Crippen LogP contribution in [0.4, 0.5) is 0 Å². The van der Waals surface area contributed by atoms with Crippen LogP contribution in [0.25, 0.3) is 0 Å². The molecule has 2 rings (SSSR count). The summed E-state index contributed by atoms with van der Waals surface area (Å²) in [6.07, 6.45) is 2.33. The summed E-state index contributed by atoms with van der Waals surface area (Å²) in [5, 5.41) is 9.75. The number of halogens is 1. The Labute approximate surface area is 97.3 Å². The highest BCUT2D eigenvalue weighted by atomic mass is 127. The lowest BCUT2D eigenvalue weighted by molar-refractivity contribution is -0.146. The molecule has 4 heteroatoms. The zero-order valence-electron chi connectivity index (χ0n) is 8.15. The van der Waals surface area contributed by atoms with Gasteiger partial charge in [0, 0.05) is 9.84 Å². The number of esters is 1. The smallest absolute Gasteiger partial charge is 0.312 e. The van der Waals surface area contributed by atoms with E-state index in [2.05, 4.69) is 29.5 Å². The van der Waals surface area contributed by atoms with E-state index in [-0.39, 0.29) is 23.9 Å². The number of carbonyl (C=O) groups excluding carboxylic acids is 1. The highest BCUT2D eigenvalue weighted by Crippen LogP contribution is 2.42. The van der Waals surface area contributed by atoms with Gasteiger partial charge in [0.2, 0.25) is 0 Å². The summed E-state index contributed by atoms with van der Waals surface area (Å²) in [6.45, 7) is 2.06. The number of cyclic esters (lactones) is 1. The van der Waals surface area contributed by atoms with E-state index < -0.39 is 6.10 Å². The Morgan fingerprint density at radius 1 is 1.57 bits per heavy atom. The highest BCUT2D eigenvalue weighted by Gasteiger charge is 2.50. The molecular weight excluding hydrogens is 295 g/mol. The van der Waals surface area contributed by atoms with E-state index in [0.717, 1.165) is 19.3 Å². The summed E-state index contributed by atoms with van der Waals surface area (Å²) in [7, 11) is 0. The third kappa shape index (κ3) is 1.66. The largest absolute Gasteiger partial charge is 0.461 e. The van der Waals surface area contributed by atoms with Gasteiger partial charge < -0.3 is 9.84 Å². The lowest BCUT2D eigenvalue weighted by Crippen LogP contribution is -2.36. The minimum atomic E-state index is -0.471. The molecule has 1 N–H and O–H groups in total. The lowest BCUT2D eigenvalue weighted by Gasteiger charge is -2.29. The fourth-order valence-corrected chi connectivity index (χ4v) is 3.32. The first-order valence-electron chi connectivity index (χ1n) is 5.14. The van der Waals surface area contributed by atoms with Crippen molar-refractivity contribution in [2.24, 2.45) is 11.8 Å². The van der Waals surface area contributed by atoms with E-state index in [1.807, 2.05) is 0 Å². The molecule has 2 fully saturated rings. The van der Waals surface area contributed by atoms with Gasteiger partial charge in [0.25, 0.3) is 0 Å². The number of aliphatic hydroxyl groups excluding tert-OH is 1. The number of hydrogen-bond acceptors (Lipinski definition) is 3. The van der Waals surface area contributed by atoms with Crippen LogP contribution in [0.2, 0.25) is 0 Å². The van der Waals surface area contributed by atoms with Gasteiger partial charge in [-0.25, -0.2) is 0 Å². The first kappa shape index (κ1) is 10.7. The van der Waals surface area contributed by atoms with Gasteiger partial charge in [-0.2, -0.15) is 0 Å². The topological polar surface area (TPSA) is 46.5 Å². The van der Waals surface area contributed by atoms with E-state index in [9.17, 15) is 9.90 Å². The Morgan fingerprint density at radius 3 is 2.93 bits per heavy atom. The number of hydrogen-bond donors (Lipinski definition) is 1. The van der Waals surface area contributed by atoms with Gasteiger partial charge >= 0.3 is 5.97 Å². The van der Waals surface area contributed by atoms with E-state index in [1.54, 1.807) is 0 Å². The summed E-state index contributed by atoms with van der Waals surface area (Å²) in [6, 6.07) is 0. The molecule has 1 saturated carbocycles. The van der Waals surface area contributed by atoms with E-state index in [1.165, 1.54) is 0 Å². The van der Waals surface area contributed by atoms with Crippen LogP contribution in [0.1, 0.15) is 26.2 Å². The van der Waals surface area contributed by atoms with Crippen molar-refractivity contribution in [2.75, 3.05) is 0 Å². The van der Waals surface area contributed by atoms with Crippen LogP contribution in [-0.4, -0.2) is 27.2 Å². The van der Waals surface area contributed by atoms with E-state index in [4.69, 9.17) is 4.74 Å². The third-order valence-electron chi connectivity index (χ3n) is 3.31. The number of aliphatic hydroxyl groups is 1. The quantitative estimate of drug-likeness (QED) is 0.454. The second-order valence-electron chi connectivity index (χ2n) is 4.27. The number of carbonyl (C=O) groups is 1. The fraction of sp³-hybridized carbons (Fsp3) is 0.900. The molecule has 80 valence electrons. The van der Waals surface area contributed by atoms with Crippen LogP contribution < -0.4 is 0 Å². The molecule has 1 heterocycles. The van der Waals surface area contributed by atoms with Crippen LogP contribution in [-0.2, 0) is 9.53 Å². The molecule has 0 radical (unpaired) electrons. The van der Waals surface area contributed by atoms with Crippen molar-refractivity contribution in [1.82, 2.24) is 0 Å². The molecule has 1 aliphatic carbocycles. The summed E-state index contributed by atoms with van der Waals surface area (Å²) < 4.78 is 5.66. The molecule has 5 unspecified atom stereocenters. The highest BCUT2D eigenvalue weighted by molar-refractivity contribution is 14.1. The van der Waals surface area contributed by atoms with Crippen molar-refractivity contribution in [3.8, 4) is 0 Å². The average Bonchev–Trinajstić information content (AvgIpc) is 2.45. The van der Waals surface area contributed by atoms with Crippen LogP contribution in [0.5, 0.6) is 0 Å². The van der Waals surface area contributed by atoms with Crippen LogP contribution in [0.15, 0.2) is 0 Å². The first-order chi connectivity index (χ1) is 6.61. The summed E-state index contributed by atoms with van der Waals surface area (Å²) in [5.74, 6) is -0.181. The zero-order chi connectivity index (χ0) is 10.3. The molecule has 0 amide bonds. The molecular formula is C10H15IO3. The maximum atomic E-state index is 11.5. The van der Waals surface area contributed by atoms with E-state index in [0.29, 0.717) is 3.92 Å². The Morgan fingerprint density at radius 2 is 2.29 bits per heavy atom. The molecule has 5 atom stereocenters. The Kier molecular flexibility index (Phi) is 3.02. The van der Waals surface area contributed by atoms with Crippen molar-refractivity contribution in [1.29, 1.82) is 0 Å². The predicted octanol–water partition coefficient (Wildman–Crippen LogP) is 1.51. The monoisotopic (exact) mass is 310 g/mol. The minimum absolute atomic E-state index is 0.0167. The molecule has 0 aromatic rings. The van der Waals surface area contributed by atoms with Gasteiger partial charge in [-0.15, -0.1) is 0 Å². The molecule has 0 aromatic heterocycles. The fourth-order valence-electron chi connectivity index (χ4n) is 2.64. The summed E-state index contributed by atoms with van der Waals surface area (Å²) in [5.41, 5.74) is 0. The maximum Gasteiger partial charge on any atom is 0.312 e. The molecule has 0 bridgehead atoms. The van der Waals surface area contributed by atoms with Gasteiger partial charge in [-0.3, -0.25) is 4.79 Å². The molecule has 14 heavy (non-hydrogen) atoms. The molecule has 0 spiro atoms. The minimum Gasteiger partial charge on any atom is -0.461 e. The standard InChI is InChI=1S/C10H15IO3/c1-5(11)9-6-3-2-4-7(12)8(6)10(13)14-9/h5-9,12H,2-4H2,1H3. The third-order valence-corrected chi connectivity index (χ3v) is 4.02. The van der Waals surface area contributed by atoms with Gasteiger partial charge in [0.05, 0.1) is 12.0 Å². The normalized spacial score (nSPS) is 44.4. The molecule has 1 aliphatic heterocycles.